The van der Waals surface area contributed by atoms with Gasteiger partial charge in [0.1, 0.15) is 11.4 Å². The number of pyridine rings is 2. The first-order valence-electron chi connectivity index (χ1n) is 5.44. The maximum absolute atomic E-state index is 14.0. The number of alkyl halides is 3. The van der Waals surface area contributed by atoms with Crippen molar-refractivity contribution in [3.63, 3.8) is 0 Å². The molecule has 2 aromatic rings. The van der Waals surface area contributed by atoms with Gasteiger partial charge in [0, 0.05) is 23.5 Å². The highest BCUT2D eigenvalue weighted by atomic mass is 19.4. The number of nitrogen functional groups attached to an aromatic ring is 1. The molecule has 20 heavy (non-hydrogen) atoms. The van der Waals surface area contributed by atoms with Gasteiger partial charge in [-0.15, -0.1) is 0 Å². The third-order valence-electron chi connectivity index (χ3n) is 2.64. The second-order valence-corrected chi connectivity index (χ2v) is 3.92. The van der Waals surface area contributed by atoms with E-state index < -0.39 is 17.7 Å². The lowest BCUT2D eigenvalue weighted by Gasteiger charge is -2.09. The first-order valence-corrected chi connectivity index (χ1v) is 5.44. The summed E-state index contributed by atoms with van der Waals surface area (Å²) < 4.78 is 51.1. The number of anilines is 1. The van der Waals surface area contributed by atoms with E-state index in [0.29, 0.717) is 5.56 Å². The van der Waals surface area contributed by atoms with Crippen molar-refractivity contribution in [3.8, 4) is 11.3 Å². The predicted molar refractivity (Wildman–Crippen MR) is 66.9 cm³/mol. The van der Waals surface area contributed by atoms with Crippen LogP contribution in [0.3, 0.4) is 0 Å². The van der Waals surface area contributed by atoms with Gasteiger partial charge in [0.15, 0.2) is 5.82 Å². The van der Waals surface area contributed by atoms with Crippen molar-refractivity contribution in [3.05, 3.63) is 48.2 Å². The highest BCUT2D eigenvalue weighted by Crippen LogP contribution is 2.30. The van der Waals surface area contributed by atoms with Crippen LogP contribution in [0.2, 0.25) is 0 Å². The number of hydrogen-bond acceptors (Lipinski definition) is 3. The lowest BCUT2D eigenvalue weighted by molar-refractivity contribution is -0.141. The Labute approximate surface area is 111 Å². The molecule has 0 saturated carbocycles. The zero-order valence-electron chi connectivity index (χ0n) is 10.1. The van der Waals surface area contributed by atoms with Gasteiger partial charge >= 0.3 is 6.18 Å². The van der Waals surface area contributed by atoms with Crippen LogP contribution < -0.4 is 5.73 Å². The van der Waals surface area contributed by atoms with E-state index in [1.807, 2.05) is 0 Å². The summed E-state index contributed by atoms with van der Waals surface area (Å²) in [5.41, 5.74) is 4.59. The Kier molecular flexibility index (Phi) is 3.44. The summed E-state index contributed by atoms with van der Waals surface area (Å²) in [6.45, 7) is 3.45. The Morgan fingerprint density at radius 2 is 1.85 bits per heavy atom. The largest absolute Gasteiger partial charge is 0.433 e. The molecule has 0 saturated heterocycles. The van der Waals surface area contributed by atoms with E-state index in [0.717, 1.165) is 18.3 Å². The maximum atomic E-state index is 14.0. The summed E-state index contributed by atoms with van der Waals surface area (Å²) in [5.74, 6) is -0.816. The third-order valence-corrected chi connectivity index (χ3v) is 2.64. The van der Waals surface area contributed by atoms with E-state index in [-0.39, 0.29) is 16.9 Å². The summed E-state index contributed by atoms with van der Waals surface area (Å²) >= 11 is 0. The van der Waals surface area contributed by atoms with Gasteiger partial charge in [0.25, 0.3) is 0 Å². The van der Waals surface area contributed by atoms with Gasteiger partial charge in [0.05, 0.1) is 5.69 Å². The van der Waals surface area contributed by atoms with Crippen LogP contribution in [0, 0.1) is 5.82 Å². The predicted octanol–water partition coefficient (Wildman–Crippen LogP) is 3.53. The number of halogens is 4. The van der Waals surface area contributed by atoms with Crippen LogP contribution >= 0.6 is 0 Å². The number of nitrogens with two attached hydrogens (primary N) is 1. The molecule has 3 nitrogen and oxygen atoms in total. The maximum Gasteiger partial charge on any atom is 0.433 e. The van der Waals surface area contributed by atoms with Crippen molar-refractivity contribution < 1.29 is 17.6 Å². The van der Waals surface area contributed by atoms with Crippen LogP contribution in [0.1, 0.15) is 11.3 Å². The summed E-state index contributed by atoms with van der Waals surface area (Å²) in [4.78, 5) is 7.07. The topological polar surface area (TPSA) is 51.8 Å². The molecule has 0 atom stereocenters. The zero-order chi connectivity index (χ0) is 14.9. The van der Waals surface area contributed by atoms with Gasteiger partial charge in [-0.05, 0) is 12.1 Å². The van der Waals surface area contributed by atoms with E-state index in [9.17, 15) is 17.6 Å². The summed E-state index contributed by atoms with van der Waals surface area (Å²) in [5, 5.41) is 0. The fraction of sp³-hybridized carbons (Fsp3) is 0.0769. The Morgan fingerprint density at radius 3 is 2.35 bits per heavy atom. The van der Waals surface area contributed by atoms with Crippen molar-refractivity contribution in [1.29, 1.82) is 0 Å². The highest BCUT2D eigenvalue weighted by Gasteiger charge is 2.32. The van der Waals surface area contributed by atoms with E-state index in [4.69, 9.17) is 5.73 Å². The van der Waals surface area contributed by atoms with E-state index >= 15 is 0 Å². The van der Waals surface area contributed by atoms with E-state index in [1.54, 1.807) is 0 Å². The van der Waals surface area contributed by atoms with Gasteiger partial charge in [-0.25, -0.2) is 4.39 Å². The van der Waals surface area contributed by atoms with Crippen molar-refractivity contribution >= 4 is 11.8 Å². The van der Waals surface area contributed by atoms with Crippen LogP contribution in [0.4, 0.5) is 23.2 Å². The average Bonchev–Trinajstić information content (AvgIpc) is 2.41. The number of nitrogens with zero attached hydrogens (tertiary/aromatic N) is 2. The van der Waals surface area contributed by atoms with Gasteiger partial charge in [0.2, 0.25) is 0 Å². The van der Waals surface area contributed by atoms with Crippen molar-refractivity contribution in [2.45, 2.75) is 6.18 Å². The van der Waals surface area contributed by atoms with Crippen LogP contribution in [-0.2, 0) is 6.18 Å². The molecular formula is C13H9F4N3. The molecule has 0 aliphatic carbocycles. The SMILES string of the molecule is C=Cc1cnc(-c2ccc(C(F)(F)F)nc2)c(F)c1N. The quantitative estimate of drug-likeness (QED) is 0.858. The summed E-state index contributed by atoms with van der Waals surface area (Å²) in [6, 6.07) is 1.85. The molecule has 0 aliphatic heterocycles. The van der Waals surface area contributed by atoms with Crippen LogP contribution in [0.5, 0.6) is 0 Å². The molecule has 0 radical (unpaired) electrons. The molecule has 0 spiro atoms. The second kappa shape index (κ2) is 4.92. The first-order chi connectivity index (χ1) is 9.34. The van der Waals surface area contributed by atoms with Crippen molar-refractivity contribution in [2.24, 2.45) is 0 Å². The van der Waals surface area contributed by atoms with Gasteiger partial charge in [-0.3, -0.25) is 9.97 Å². The second-order valence-electron chi connectivity index (χ2n) is 3.92. The Bertz CT molecular complexity index is 648. The van der Waals surface area contributed by atoms with Gasteiger partial charge < -0.3 is 5.73 Å². The van der Waals surface area contributed by atoms with Crippen molar-refractivity contribution in [2.75, 3.05) is 5.73 Å². The lowest BCUT2D eigenvalue weighted by atomic mass is 10.1. The highest BCUT2D eigenvalue weighted by molar-refractivity contribution is 5.70. The summed E-state index contributed by atoms with van der Waals surface area (Å²) in [7, 11) is 0. The van der Waals surface area contributed by atoms with Gasteiger partial charge in [-0.1, -0.05) is 12.7 Å². The number of hydrogen-bond donors (Lipinski definition) is 1. The van der Waals surface area contributed by atoms with E-state index in [2.05, 4.69) is 16.5 Å². The molecule has 0 aromatic carbocycles. The molecule has 0 amide bonds. The molecule has 2 aromatic heterocycles. The molecule has 2 heterocycles. The molecule has 0 aliphatic rings. The van der Waals surface area contributed by atoms with Gasteiger partial charge in [-0.2, -0.15) is 13.2 Å². The molecule has 2 rings (SSSR count). The lowest BCUT2D eigenvalue weighted by Crippen LogP contribution is -2.07. The van der Waals surface area contributed by atoms with Crippen LogP contribution in [0.15, 0.2) is 31.1 Å². The smallest absolute Gasteiger partial charge is 0.396 e. The van der Waals surface area contributed by atoms with E-state index in [1.165, 1.54) is 12.3 Å². The Hall–Kier alpha value is -2.44. The minimum absolute atomic E-state index is 0.109. The molecule has 104 valence electrons. The normalized spacial score (nSPS) is 11.4. The van der Waals surface area contributed by atoms with Crippen LogP contribution in [-0.4, -0.2) is 9.97 Å². The third kappa shape index (κ3) is 2.47. The fourth-order valence-electron chi connectivity index (χ4n) is 1.58. The zero-order valence-corrected chi connectivity index (χ0v) is 10.1. The number of aromatic nitrogens is 2. The number of rotatable bonds is 2. The van der Waals surface area contributed by atoms with Crippen molar-refractivity contribution in [1.82, 2.24) is 9.97 Å². The minimum atomic E-state index is -4.55. The Morgan fingerprint density at radius 1 is 1.15 bits per heavy atom. The molecule has 0 bridgehead atoms. The molecule has 7 heteroatoms. The Balaban J connectivity index is 2.47. The fourth-order valence-corrected chi connectivity index (χ4v) is 1.58. The molecule has 0 unspecified atom stereocenters. The molecule has 2 N–H and O–H groups in total. The molecular weight excluding hydrogens is 274 g/mol. The molecule has 0 fully saturated rings. The minimum Gasteiger partial charge on any atom is -0.396 e. The standard InChI is InChI=1S/C13H9F4N3/c1-2-7-5-20-12(10(14)11(7)18)8-3-4-9(19-6-8)13(15,16)17/h2-6H,1H2,(H2,18,20). The monoisotopic (exact) mass is 283 g/mol. The first kappa shape index (κ1) is 14.0. The average molecular weight is 283 g/mol. The van der Waals surface area contributed by atoms with Crippen LogP contribution in [0.25, 0.3) is 17.3 Å². The summed E-state index contributed by atoms with van der Waals surface area (Å²) in [6.07, 6.45) is -1.02.